The molecule has 0 spiro atoms. The first-order valence-corrected chi connectivity index (χ1v) is 8.33. The molecular weight excluding hydrogens is 286 g/mol. The predicted octanol–water partition coefficient (Wildman–Crippen LogP) is 2.54. The van der Waals surface area contributed by atoms with Crippen molar-refractivity contribution in [3.05, 3.63) is 54.1 Å². The van der Waals surface area contributed by atoms with E-state index in [1.54, 1.807) is 6.33 Å². The second kappa shape index (κ2) is 6.46. The van der Waals surface area contributed by atoms with Gasteiger partial charge in [0.15, 0.2) is 5.65 Å². The number of benzene rings is 1. The van der Waals surface area contributed by atoms with E-state index in [4.69, 9.17) is 5.10 Å². The van der Waals surface area contributed by atoms with Crippen LogP contribution < -0.4 is 5.32 Å². The molecule has 2 aromatic heterocycles. The average molecular weight is 307 g/mol. The molecule has 0 unspecified atom stereocenters. The zero-order valence-corrected chi connectivity index (χ0v) is 13.2. The van der Waals surface area contributed by atoms with Gasteiger partial charge >= 0.3 is 0 Å². The van der Waals surface area contributed by atoms with Crippen molar-refractivity contribution in [2.24, 2.45) is 0 Å². The van der Waals surface area contributed by atoms with Crippen LogP contribution in [0.2, 0.25) is 0 Å². The van der Waals surface area contributed by atoms with E-state index in [-0.39, 0.29) is 0 Å². The topological polar surface area (TPSA) is 55.6 Å². The first kappa shape index (κ1) is 14.3. The molecule has 5 heteroatoms. The van der Waals surface area contributed by atoms with E-state index < -0.39 is 0 Å². The zero-order valence-electron chi connectivity index (χ0n) is 13.2. The third-order valence-electron chi connectivity index (χ3n) is 4.60. The van der Waals surface area contributed by atoms with Gasteiger partial charge < -0.3 is 5.32 Å². The Morgan fingerprint density at radius 2 is 1.91 bits per heavy atom. The molecule has 1 aliphatic heterocycles. The van der Waals surface area contributed by atoms with Crippen molar-refractivity contribution in [3.8, 4) is 0 Å². The van der Waals surface area contributed by atoms with Crippen molar-refractivity contribution < 1.29 is 0 Å². The highest BCUT2D eigenvalue weighted by Gasteiger charge is 2.20. The Labute approximate surface area is 135 Å². The number of aromatic nitrogens is 4. The van der Waals surface area contributed by atoms with Crippen molar-refractivity contribution in [2.45, 2.75) is 31.7 Å². The lowest BCUT2D eigenvalue weighted by atomic mass is 10.1. The van der Waals surface area contributed by atoms with Gasteiger partial charge in [-0.25, -0.2) is 14.6 Å². The van der Waals surface area contributed by atoms with Crippen molar-refractivity contribution >= 4 is 11.0 Å². The highest BCUT2D eigenvalue weighted by molar-refractivity contribution is 5.77. The number of nitrogens with zero attached hydrogens (tertiary/aromatic N) is 4. The lowest BCUT2D eigenvalue weighted by Crippen LogP contribution is -2.30. The van der Waals surface area contributed by atoms with Crippen LogP contribution in [-0.2, 0) is 12.8 Å². The van der Waals surface area contributed by atoms with Gasteiger partial charge in [0.25, 0.3) is 0 Å². The van der Waals surface area contributed by atoms with E-state index in [2.05, 4.69) is 50.3 Å². The second-order valence-corrected chi connectivity index (χ2v) is 6.12. The molecule has 3 aromatic rings. The smallest absolute Gasteiger partial charge is 0.161 e. The number of hydrogen-bond donors (Lipinski definition) is 1. The van der Waals surface area contributed by atoms with Crippen LogP contribution in [0.5, 0.6) is 0 Å². The van der Waals surface area contributed by atoms with Gasteiger partial charge in [0.05, 0.1) is 17.1 Å². The van der Waals surface area contributed by atoms with Crippen LogP contribution in [0.4, 0.5) is 0 Å². The molecular formula is C18H21N5. The van der Waals surface area contributed by atoms with Gasteiger partial charge in [-0.05, 0) is 44.3 Å². The fraction of sp³-hybridized carbons (Fsp3) is 0.389. The summed E-state index contributed by atoms with van der Waals surface area (Å²) in [6.45, 7) is 2.10. The molecule has 0 atom stereocenters. The fourth-order valence-electron chi connectivity index (χ4n) is 3.34. The van der Waals surface area contributed by atoms with E-state index in [0.717, 1.165) is 55.5 Å². The second-order valence-electron chi connectivity index (χ2n) is 6.12. The van der Waals surface area contributed by atoms with Crippen LogP contribution in [0, 0.1) is 0 Å². The summed E-state index contributed by atoms with van der Waals surface area (Å²) >= 11 is 0. The molecule has 5 nitrogen and oxygen atoms in total. The maximum Gasteiger partial charge on any atom is 0.161 e. The highest BCUT2D eigenvalue weighted by Crippen LogP contribution is 2.25. The Morgan fingerprint density at radius 3 is 2.74 bits per heavy atom. The Balaban J connectivity index is 1.64. The van der Waals surface area contributed by atoms with E-state index in [0.29, 0.717) is 6.04 Å². The van der Waals surface area contributed by atoms with E-state index in [1.165, 1.54) is 5.56 Å². The molecule has 1 N–H and O–H groups in total. The predicted molar refractivity (Wildman–Crippen MR) is 90.3 cm³/mol. The minimum absolute atomic E-state index is 0.444. The molecule has 23 heavy (non-hydrogen) atoms. The standard InChI is InChI=1S/C18H21N5/c1-2-4-14(5-3-1)6-7-17-16-12-20-13-21-18(16)23(22-17)15-8-10-19-11-9-15/h1-5,12-13,15,19H,6-11H2. The maximum absolute atomic E-state index is 4.91. The lowest BCUT2D eigenvalue weighted by molar-refractivity contribution is 0.348. The molecule has 3 heterocycles. The third kappa shape index (κ3) is 2.97. The normalized spacial score (nSPS) is 16.0. The van der Waals surface area contributed by atoms with Gasteiger partial charge in [-0.2, -0.15) is 5.10 Å². The fourth-order valence-corrected chi connectivity index (χ4v) is 3.34. The molecule has 1 aliphatic rings. The molecule has 1 aromatic carbocycles. The van der Waals surface area contributed by atoms with E-state index in [1.807, 2.05) is 6.20 Å². The monoisotopic (exact) mass is 307 g/mol. The molecule has 1 saturated heterocycles. The summed E-state index contributed by atoms with van der Waals surface area (Å²) in [7, 11) is 0. The van der Waals surface area contributed by atoms with Crippen molar-refractivity contribution in [1.82, 2.24) is 25.1 Å². The summed E-state index contributed by atoms with van der Waals surface area (Å²) in [5.74, 6) is 0. The van der Waals surface area contributed by atoms with Crippen LogP contribution in [0.25, 0.3) is 11.0 Å². The summed E-state index contributed by atoms with van der Waals surface area (Å²) in [6, 6.07) is 11.0. The minimum Gasteiger partial charge on any atom is -0.317 e. The minimum atomic E-state index is 0.444. The number of hydrogen-bond acceptors (Lipinski definition) is 4. The number of aryl methyl sites for hydroxylation is 2. The summed E-state index contributed by atoms with van der Waals surface area (Å²) in [5, 5.41) is 9.43. The molecule has 0 saturated carbocycles. The van der Waals surface area contributed by atoms with Gasteiger partial charge in [-0.15, -0.1) is 0 Å². The number of nitrogens with one attached hydrogen (secondary N) is 1. The molecule has 4 rings (SSSR count). The Kier molecular flexibility index (Phi) is 4.03. The lowest BCUT2D eigenvalue weighted by Gasteiger charge is -2.23. The van der Waals surface area contributed by atoms with Gasteiger partial charge in [-0.3, -0.25) is 0 Å². The Bertz CT molecular complexity index is 774. The first-order valence-electron chi connectivity index (χ1n) is 8.33. The molecule has 1 fully saturated rings. The van der Waals surface area contributed by atoms with E-state index in [9.17, 15) is 0 Å². The summed E-state index contributed by atoms with van der Waals surface area (Å²) in [5.41, 5.74) is 3.44. The van der Waals surface area contributed by atoms with Crippen molar-refractivity contribution in [3.63, 3.8) is 0 Å². The molecule has 0 amide bonds. The molecule has 0 radical (unpaired) electrons. The Morgan fingerprint density at radius 1 is 1.09 bits per heavy atom. The summed E-state index contributed by atoms with van der Waals surface area (Å²) in [6.07, 6.45) is 7.67. The van der Waals surface area contributed by atoms with Crippen LogP contribution >= 0.6 is 0 Å². The number of piperidine rings is 1. The van der Waals surface area contributed by atoms with Gasteiger partial charge in [0.2, 0.25) is 0 Å². The van der Waals surface area contributed by atoms with E-state index >= 15 is 0 Å². The maximum atomic E-state index is 4.91. The summed E-state index contributed by atoms with van der Waals surface area (Å²) < 4.78 is 2.14. The van der Waals surface area contributed by atoms with Crippen molar-refractivity contribution in [2.75, 3.05) is 13.1 Å². The third-order valence-corrected chi connectivity index (χ3v) is 4.60. The molecule has 118 valence electrons. The molecule has 0 aliphatic carbocycles. The SMILES string of the molecule is c1ccc(CCc2nn(C3CCNCC3)c3ncncc23)cc1. The summed E-state index contributed by atoms with van der Waals surface area (Å²) in [4.78, 5) is 8.71. The average Bonchev–Trinajstić information content (AvgIpc) is 3.01. The zero-order chi connectivity index (χ0) is 15.5. The van der Waals surface area contributed by atoms with Gasteiger partial charge in [0.1, 0.15) is 6.33 Å². The van der Waals surface area contributed by atoms with Crippen LogP contribution in [0.15, 0.2) is 42.9 Å². The number of fused-ring (bicyclic) bond motifs is 1. The number of rotatable bonds is 4. The van der Waals surface area contributed by atoms with Crippen molar-refractivity contribution in [1.29, 1.82) is 0 Å². The van der Waals surface area contributed by atoms with Gasteiger partial charge in [-0.1, -0.05) is 30.3 Å². The van der Waals surface area contributed by atoms with Gasteiger partial charge in [0, 0.05) is 6.20 Å². The molecule has 0 bridgehead atoms. The van der Waals surface area contributed by atoms with Crippen LogP contribution in [-0.4, -0.2) is 32.8 Å². The van der Waals surface area contributed by atoms with Crippen LogP contribution in [0.1, 0.15) is 30.1 Å². The first-order chi connectivity index (χ1) is 11.4. The van der Waals surface area contributed by atoms with Crippen LogP contribution in [0.3, 0.4) is 0 Å². The largest absolute Gasteiger partial charge is 0.317 e. The quantitative estimate of drug-likeness (QED) is 0.805. The highest BCUT2D eigenvalue weighted by atomic mass is 15.3. The Hall–Kier alpha value is -2.27.